The molecule has 0 aromatic heterocycles. The molecule has 2 fully saturated rings. The van der Waals surface area contributed by atoms with Gasteiger partial charge in [0.1, 0.15) is 0 Å². The molecule has 0 saturated heterocycles. The number of hydrogen-bond acceptors (Lipinski definition) is 2. The largest absolute Gasteiger partial charge is 0.392 e. The van der Waals surface area contributed by atoms with Gasteiger partial charge in [0.05, 0.1) is 6.10 Å². The minimum absolute atomic E-state index is 0.108. The van der Waals surface area contributed by atoms with E-state index < -0.39 is 0 Å². The van der Waals surface area contributed by atoms with Crippen LogP contribution in [0.3, 0.4) is 0 Å². The molecule has 1 aromatic rings. The summed E-state index contributed by atoms with van der Waals surface area (Å²) in [6, 6.07) is 8.49. The Bertz CT molecular complexity index is 415. The summed E-state index contributed by atoms with van der Waals surface area (Å²) in [6.07, 6.45) is 5.08. The molecule has 0 radical (unpaired) electrons. The number of aliphatic hydroxyl groups is 1. The van der Waals surface area contributed by atoms with Crippen LogP contribution in [0.25, 0.3) is 0 Å². The van der Waals surface area contributed by atoms with E-state index in [9.17, 15) is 5.11 Å². The van der Waals surface area contributed by atoms with Gasteiger partial charge in [-0.05, 0) is 43.1 Å². The van der Waals surface area contributed by atoms with Crippen molar-refractivity contribution in [3.8, 4) is 0 Å². The number of nitrogens with two attached hydrogens (primary N) is 1. The minimum atomic E-state index is -0.249. The molecule has 0 amide bonds. The van der Waals surface area contributed by atoms with Crippen LogP contribution in [0.1, 0.15) is 42.7 Å². The Morgan fingerprint density at radius 1 is 1.16 bits per heavy atom. The normalized spacial score (nSPS) is 32.5. The SMILES string of the molecule is Cc1ccc(C(CN)C(O)C2C3CCCCC32)cc1. The molecule has 2 nitrogen and oxygen atoms in total. The lowest BCUT2D eigenvalue weighted by Crippen LogP contribution is -2.28. The van der Waals surface area contributed by atoms with Crippen LogP contribution in [0, 0.1) is 24.7 Å². The van der Waals surface area contributed by atoms with Crippen molar-refractivity contribution in [3.63, 3.8) is 0 Å². The van der Waals surface area contributed by atoms with E-state index in [0.717, 1.165) is 11.8 Å². The molecule has 2 saturated carbocycles. The van der Waals surface area contributed by atoms with Crippen LogP contribution >= 0.6 is 0 Å². The fourth-order valence-electron chi connectivity index (χ4n) is 4.11. The molecule has 0 aliphatic heterocycles. The Kier molecular flexibility index (Phi) is 3.64. The van der Waals surface area contributed by atoms with E-state index in [0.29, 0.717) is 12.5 Å². The van der Waals surface area contributed by atoms with Crippen LogP contribution in [0.2, 0.25) is 0 Å². The molecule has 4 atom stereocenters. The third-order valence-corrected chi connectivity index (χ3v) is 5.29. The van der Waals surface area contributed by atoms with E-state index >= 15 is 0 Å². The van der Waals surface area contributed by atoms with E-state index in [1.165, 1.54) is 36.8 Å². The topological polar surface area (TPSA) is 46.2 Å². The molecule has 2 aliphatic carbocycles. The Balaban J connectivity index is 1.73. The van der Waals surface area contributed by atoms with Crippen molar-refractivity contribution in [2.24, 2.45) is 23.5 Å². The van der Waals surface area contributed by atoms with Gasteiger partial charge in [-0.1, -0.05) is 42.7 Å². The minimum Gasteiger partial charge on any atom is -0.392 e. The lowest BCUT2D eigenvalue weighted by atomic mass is 9.89. The average Bonchev–Trinajstić information content (AvgIpc) is 3.16. The Labute approximate surface area is 116 Å². The first-order valence-corrected chi connectivity index (χ1v) is 7.67. The maximum Gasteiger partial charge on any atom is 0.0654 e. The van der Waals surface area contributed by atoms with Crippen molar-refractivity contribution in [1.82, 2.24) is 0 Å². The van der Waals surface area contributed by atoms with E-state index in [1.54, 1.807) is 0 Å². The Morgan fingerprint density at radius 2 is 1.74 bits per heavy atom. The summed E-state index contributed by atoms with van der Waals surface area (Å²) in [4.78, 5) is 0. The monoisotopic (exact) mass is 259 g/mol. The second-order valence-corrected chi connectivity index (χ2v) is 6.43. The highest BCUT2D eigenvalue weighted by Crippen LogP contribution is 2.58. The van der Waals surface area contributed by atoms with Crippen LogP contribution in [0.4, 0.5) is 0 Å². The predicted molar refractivity (Wildman–Crippen MR) is 77.9 cm³/mol. The van der Waals surface area contributed by atoms with Crippen LogP contribution in [-0.4, -0.2) is 17.8 Å². The highest BCUT2D eigenvalue weighted by Gasteiger charge is 2.55. The van der Waals surface area contributed by atoms with Gasteiger partial charge in [0.25, 0.3) is 0 Å². The molecular formula is C17H25NO. The van der Waals surface area contributed by atoms with Gasteiger partial charge in [0, 0.05) is 12.5 Å². The van der Waals surface area contributed by atoms with Crippen molar-refractivity contribution in [1.29, 1.82) is 0 Å². The van der Waals surface area contributed by atoms with Gasteiger partial charge in [-0.15, -0.1) is 0 Å². The summed E-state index contributed by atoms with van der Waals surface area (Å²) in [5.74, 6) is 2.18. The maximum atomic E-state index is 10.7. The zero-order valence-corrected chi connectivity index (χ0v) is 11.8. The van der Waals surface area contributed by atoms with Gasteiger partial charge in [0.15, 0.2) is 0 Å². The van der Waals surface area contributed by atoms with Gasteiger partial charge in [0.2, 0.25) is 0 Å². The summed E-state index contributed by atoms with van der Waals surface area (Å²) in [5.41, 5.74) is 8.40. The first-order valence-electron chi connectivity index (χ1n) is 7.67. The molecule has 0 bridgehead atoms. The van der Waals surface area contributed by atoms with Crippen LogP contribution < -0.4 is 5.73 Å². The van der Waals surface area contributed by atoms with Crippen LogP contribution in [0.5, 0.6) is 0 Å². The Morgan fingerprint density at radius 3 is 2.26 bits per heavy atom. The van der Waals surface area contributed by atoms with Crippen LogP contribution in [0.15, 0.2) is 24.3 Å². The number of rotatable bonds is 4. The molecule has 3 N–H and O–H groups in total. The fourth-order valence-corrected chi connectivity index (χ4v) is 4.11. The van der Waals surface area contributed by atoms with E-state index in [2.05, 4.69) is 31.2 Å². The van der Waals surface area contributed by atoms with Gasteiger partial charge in [-0.3, -0.25) is 0 Å². The molecular weight excluding hydrogens is 234 g/mol. The second kappa shape index (κ2) is 5.26. The lowest BCUT2D eigenvalue weighted by Gasteiger charge is -2.22. The van der Waals surface area contributed by atoms with Crippen molar-refractivity contribution in [3.05, 3.63) is 35.4 Å². The summed E-state index contributed by atoms with van der Waals surface area (Å²) in [5, 5.41) is 10.7. The number of benzene rings is 1. The van der Waals surface area contributed by atoms with Crippen molar-refractivity contribution >= 4 is 0 Å². The molecule has 19 heavy (non-hydrogen) atoms. The quantitative estimate of drug-likeness (QED) is 0.873. The smallest absolute Gasteiger partial charge is 0.0654 e. The summed E-state index contributed by atoms with van der Waals surface area (Å²) in [7, 11) is 0. The van der Waals surface area contributed by atoms with Gasteiger partial charge in [-0.2, -0.15) is 0 Å². The highest BCUT2D eigenvalue weighted by molar-refractivity contribution is 5.26. The fraction of sp³-hybridized carbons (Fsp3) is 0.647. The molecule has 1 aromatic carbocycles. The molecule has 4 unspecified atom stereocenters. The Hall–Kier alpha value is -0.860. The summed E-state index contributed by atoms with van der Waals surface area (Å²) >= 11 is 0. The number of fused-ring (bicyclic) bond motifs is 1. The summed E-state index contributed by atoms with van der Waals surface area (Å²) < 4.78 is 0. The van der Waals surface area contributed by atoms with Gasteiger partial charge in [-0.25, -0.2) is 0 Å². The first-order chi connectivity index (χ1) is 9.22. The van der Waals surface area contributed by atoms with E-state index in [1.807, 2.05) is 0 Å². The predicted octanol–water partition coefficient (Wildman–Crippen LogP) is 2.83. The first kappa shape index (κ1) is 13.1. The molecule has 3 rings (SSSR count). The number of aliphatic hydroxyl groups excluding tert-OH is 1. The summed E-state index contributed by atoms with van der Waals surface area (Å²) in [6.45, 7) is 2.63. The van der Waals surface area contributed by atoms with Crippen LogP contribution in [-0.2, 0) is 0 Å². The number of aryl methyl sites for hydroxylation is 1. The van der Waals surface area contributed by atoms with Crippen molar-refractivity contribution < 1.29 is 5.11 Å². The lowest BCUT2D eigenvalue weighted by molar-refractivity contribution is 0.112. The third-order valence-electron chi connectivity index (χ3n) is 5.29. The standard InChI is InChI=1S/C17H25NO/c1-11-6-8-12(9-7-11)15(10-18)17(19)16-13-4-2-3-5-14(13)16/h6-9,13-17,19H,2-5,10,18H2,1H3. The number of hydrogen-bond donors (Lipinski definition) is 2. The van der Waals surface area contributed by atoms with Crippen molar-refractivity contribution in [2.75, 3.05) is 6.54 Å². The van der Waals surface area contributed by atoms with Crippen molar-refractivity contribution in [2.45, 2.75) is 44.6 Å². The third kappa shape index (κ3) is 2.44. The molecule has 2 heteroatoms. The second-order valence-electron chi connectivity index (χ2n) is 6.43. The highest BCUT2D eigenvalue weighted by atomic mass is 16.3. The maximum absolute atomic E-state index is 10.7. The average molecular weight is 259 g/mol. The van der Waals surface area contributed by atoms with Gasteiger partial charge >= 0.3 is 0 Å². The molecule has 2 aliphatic rings. The zero-order chi connectivity index (χ0) is 13.4. The van der Waals surface area contributed by atoms with E-state index in [-0.39, 0.29) is 12.0 Å². The molecule has 0 heterocycles. The molecule has 0 spiro atoms. The van der Waals surface area contributed by atoms with E-state index in [4.69, 9.17) is 5.73 Å². The molecule has 104 valence electrons. The van der Waals surface area contributed by atoms with Gasteiger partial charge < -0.3 is 10.8 Å². The zero-order valence-electron chi connectivity index (χ0n) is 11.8.